The molecule has 0 radical (unpaired) electrons. The summed E-state index contributed by atoms with van der Waals surface area (Å²) >= 11 is 0. The Hall–Kier alpha value is -1.84. The van der Waals surface area contributed by atoms with Gasteiger partial charge >= 0.3 is 11.9 Å². The standard InChI is InChI=1S/C22H34O4/c1-3-4-5-6-7-13-18-25-21(23)16-9-8-10-17-22(24)26-20-15-12-11-14-19(20)2/h11-12,14-15H,3-10,13,16-18H2,1-2H3. The molecule has 26 heavy (non-hydrogen) atoms. The third kappa shape index (κ3) is 10.9. The van der Waals surface area contributed by atoms with Crippen LogP contribution in [0.3, 0.4) is 0 Å². The molecular weight excluding hydrogens is 328 g/mol. The Labute approximate surface area is 158 Å². The van der Waals surface area contributed by atoms with Gasteiger partial charge in [0.1, 0.15) is 5.75 Å². The number of aryl methyl sites for hydroxylation is 1. The van der Waals surface area contributed by atoms with Crippen LogP contribution in [0, 0.1) is 6.92 Å². The maximum atomic E-state index is 11.8. The van der Waals surface area contributed by atoms with Crippen LogP contribution >= 0.6 is 0 Å². The van der Waals surface area contributed by atoms with Crippen molar-refractivity contribution in [1.82, 2.24) is 0 Å². The highest BCUT2D eigenvalue weighted by Gasteiger charge is 2.07. The molecule has 4 heteroatoms. The minimum atomic E-state index is -0.218. The van der Waals surface area contributed by atoms with Crippen LogP contribution in [-0.2, 0) is 14.3 Å². The molecule has 146 valence electrons. The topological polar surface area (TPSA) is 52.6 Å². The van der Waals surface area contributed by atoms with E-state index in [1.165, 1.54) is 25.7 Å². The third-order valence-corrected chi connectivity index (χ3v) is 4.34. The van der Waals surface area contributed by atoms with E-state index in [-0.39, 0.29) is 11.9 Å². The van der Waals surface area contributed by atoms with Gasteiger partial charge in [0.15, 0.2) is 0 Å². The van der Waals surface area contributed by atoms with Gasteiger partial charge in [0.05, 0.1) is 6.61 Å². The van der Waals surface area contributed by atoms with E-state index in [2.05, 4.69) is 6.92 Å². The molecule has 0 bridgehead atoms. The first kappa shape index (κ1) is 22.2. The lowest BCUT2D eigenvalue weighted by Crippen LogP contribution is -2.09. The predicted octanol–water partition coefficient (Wildman–Crippen LogP) is 5.75. The van der Waals surface area contributed by atoms with Crippen molar-refractivity contribution in [3.05, 3.63) is 29.8 Å². The first-order valence-electron chi connectivity index (χ1n) is 10.1. The zero-order chi connectivity index (χ0) is 19.0. The Morgan fingerprint density at radius 1 is 0.808 bits per heavy atom. The van der Waals surface area contributed by atoms with Crippen molar-refractivity contribution in [2.24, 2.45) is 0 Å². The molecule has 1 aromatic rings. The van der Waals surface area contributed by atoms with Gasteiger partial charge in [0, 0.05) is 12.8 Å². The summed E-state index contributed by atoms with van der Waals surface area (Å²) in [5.41, 5.74) is 0.953. The molecule has 0 aromatic heterocycles. The van der Waals surface area contributed by atoms with Gasteiger partial charge in [0.2, 0.25) is 0 Å². The van der Waals surface area contributed by atoms with Gasteiger partial charge in [-0.2, -0.15) is 0 Å². The van der Waals surface area contributed by atoms with E-state index in [0.717, 1.165) is 37.7 Å². The average Bonchev–Trinajstić information content (AvgIpc) is 2.62. The molecule has 1 aromatic carbocycles. The summed E-state index contributed by atoms with van der Waals surface area (Å²) in [6.45, 7) is 4.65. The van der Waals surface area contributed by atoms with Crippen molar-refractivity contribution in [3.63, 3.8) is 0 Å². The van der Waals surface area contributed by atoms with E-state index >= 15 is 0 Å². The van der Waals surface area contributed by atoms with Crippen LogP contribution in [0.25, 0.3) is 0 Å². The summed E-state index contributed by atoms with van der Waals surface area (Å²) in [6.07, 6.45) is 10.3. The molecule has 0 fully saturated rings. The van der Waals surface area contributed by atoms with Gasteiger partial charge in [-0.05, 0) is 37.8 Å². The number of esters is 2. The second-order valence-corrected chi connectivity index (χ2v) is 6.79. The lowest BCUT2D eigenvalue weighted by molar-refractivity contribution is -0.143. The summed E-state index contributed by atoms with van der Waals surface area (Å²) in [4.78, 5) is 23.5. The Morgan fingerprint density at radius 3 is 2.15 bits per heavy atom. The Balaban J connectivity index is 1.97. The second kappa shape index (κ2) is 14.3. The second-order valence-electron chi connectivity index (χ2n) is 6.79. The lowest BCUT2D eigenvalue weighted by atomic mass is 10.1. The SMILES string of the molecule is CCCCCCCCOC(=O)CCCCCC(=O)Oc1ccccc1C. The average molecular weight is 363 g/mol. The molecule has 0 amide bonds. The number of unbranched alkanes of at least 4 members (excludes halogenated alkanes) is 7. The van der Waals surface area contributed by atoms with Crippen LogP contribution in [0.4, 0.5) is 0 Å². The number of hydrogen-bond donors (Lipinski definition) is 0. The van der Waals surface area contributed by atoms with Crippen molar-refractivity contribution >= 4 is 11.9 Å². The molecule has 0 N–H and O–H groups in total. The molecule has 4 nitrogen and oxygen atoms in total. The fourth-order valence-corrected chi connectivity index (χ4v) is 2.70. The monoisotopic (exact) mass is 362 g/mol. The van der Waals surface area contributed by atoms with Gasteiger partial charge < -0.3 is 9.47 Å². The van der Waals surface area contributed by atoms with E-state index in [4.69, 9.17) is 9.47 Å². The summed E-state index contributed by atoms with van der Waals surface area (Å²) in [5, 5.41) is 0. The maximum Gasteiger partial charge on any atom is 0.311 e. The number of carbonyl (C=O) groups is 2. The highest BCUT2D eigenvalue weighted by molar-refractivity contribution is 5.72. The number of benzene rings is 1. The van der Waals surface area contributed by atoms with E-state index < -0.39 is 0 Å². The van der Waals surface area contributed by atoms with Gasteiger partial charge in [-0.25, -0.2) is 0 Å². The first-order chi connectivity index (χ1) is 12.6. The fourth-order valence-electron chi connectivity index (χ4n) is 2.70. The summed E-state index contributed by atoms with van der Waals surface area (Å²) in [5.74, 6) is 0.279. The summed E-state index contributed by atoms with van der Waals surface area (Å²) in [7, 11) is 0. The summed E-state index contributed by atoms with van der Waals surface area (Å²) in [6, 6.07) is 7.48. The molecular formula is C22H34O4. The van der Waals surface area contributed by atoms with Crippen LogP contribution < -0.4 is 4.74 Å². The Morgan fingerprint density at radius 2 is 1.42 bits per heavy atom. The highest BCUT2D eigenvalue weighted by atomic mass is 16.5. The molecule has 0 aliphatic carbocycles. The van der Waals surface area contributed by atoms with Crippen molar-refractivity contribution < 1.29 is 19.1 Å². The number of ether oxygens (including phenoxy) is 2. The van der Waals surface area contributed by atoms with Gasteiger partial charge in [-0.1, -0.05) is 63.6 Å². The molecule has 0 saturated heterocycles. The Kier molecular flexibility index (Phi) is 12.2. The van der Waals surface area contributed by atoms with E-state index in [1.807, 2.05) is 25.1 Å². The quantitative estimate of drug-likeness (QED) is 0.240. The highest BCUT2D eigenvalue weighted by Crippen LogP contribution is 2.17. The van der Waals surface area contributed by atoms with Crippen LogP contribution in [0.15, 0.2) is 24.3 Å². The van der Waals surface area contributed by atoms with Gasteiger partial charge in [-0.3, -0.25) is 9.59 Å². The third-order valence-electron chi connectivity index (χ3n) is 4.34. The molecule has 0 unspecified atom stereocenters. The summed E-state index contributed by atoms with van der Waals surface area (Å²) < 4.78 is 10.6. The zero-order valence-corrected chi connectivity index (χ0v) is 16.4. The van der Waals surface area contributed by atoms with E-state index in [9.17, 15) is 9.59 Å². The zero-order valence-electron chi connectivity index (χ0n) is 16.4. The molecule has 0 aliphatic rings. The maximum absolute atomic E-state index is 11.8. The van der Waals surface area contributed by atoms with Crippen molar-refractivity contribution in [3.8, 4) is 5.75 Å². The first-order valence-corrected chi connectivity index (χ1v) is 10.1. The minimum Gasteiger partial charge on any atom is -0.466 e. The van der Waals surface area contributed by atoms with Crippen molar-refractivity contribution in [2.45, 2.75) is 84.5 Å². The van der Waals surface area contributed by atoms with Crippen molar-refractivity contribution in [1.29, 1.82) is 0 Å². The molecule has 0 atom stereocenters. The van der Waals surface area contributed by atoms with Crippen LogP contribution in [0.5, 0.6) is 5.75 Å². The molecule has 0 heterocycles. The Bertz CT molecular complexity index is 525. The molecule has 1 rings (SSSR count). The lowest BCUT2D eigenvalue weighted by Gasteiger charge is -2.07. The number of hydrogen-bond acceptors (Lipinski definition) is 4. The fraction of sp³-hybridized carbons (Fsp3) is 0.636. The number of carbonyl (C=O) groups excluding carboxylic acids is 2. The van der Waals surface area contributed by atoms with Gasteiger partial charge in [-0.15, -0.1) is 0 Å². The largest absolute Gasteiger partial charge is 0.466 e. The van der Waals surface area contributed by atoms with E-state index in [1.54, 1.807) is 6.07 Å². The molecule has 0 saturated carbocycles. The normalized spacial score (nSPS) is 10.5. The number of rotatable bonds is 14. The van der Waals surface area contributed by atoms with Crippen LogP contribution in [0.1, 0.15) is 83.1 Å². The molecule has 0 aliphatic heterocycles. The van der Waals surface area contributed by atoms with Crippen LogP contribution in [-0.4, -0.2) is 18.5 Å². The number of para-hydroxylation sites is 1. The van der Waals surface area contributed by atoms with Crippen molar-refractivity contribution in [2.75, 3.05) is 6.61 Å². The smallest absolute Gasteiger partial charge is 0.311 e. The van der Waals surface area contributed by atoms with Crippen LogP contribution in [0.2, 0.25) is 0 Å². The van der Waals surface area contributed by atoms with E-state index in [0.29, 0.717) is 25.2 Å². The molecule has 0 spiro atoms. The van der Waals surface area contributed by atoms with Gasteiger partial charge in [0.25, 0.3) is 0 Å². The predicted molar refractivity (Wildman–Crippen MR) is 104 cm³/mol. The minimum absolute atomic E-state index is 0.124.